The lowest BCUT2D eigenvalue weighted by molar-refractivity contribution is -0.107. The highest BCUT2D eigenvalue weighted by molar-refractivity contribution is 6.09. The Labute approximate surface area is 240 Å². The van der Waals surface area contributed by atoms with Crippen molar-refractivity contribution in [2.75, 3.05) is 20.3 Å². The number of aldehydes is 1. The summed E-state index contributed by atoms with van der Waals surface area (Å²) in [5.74, 6) is -2.36. The van der Waals surface area contributed by atoms with Gasteiger partial charge in [0, 0.05) is 50.1 Å². The lowest BCUT2D eigenvalue weighted by Gasteiger charge is -2.18. The largest absolute Gasteiger partial charge is 0.493 e. The molecule has 1 aliphatic heterocycles. The number of benzene rings is 3. The first-order valence-corrected chi connectivity index (χ1v) is 13.3. The molecule has 0 spiro atoms. The van der Waals surface area contributed by atoms with Gasteiger partial charge in [-0.1, -0.05) is 25.1 Å². The van der Waals surface area contributed by atoms with E-state index in [4.69, 9.17) is 20.3 Å². The number of aryl methyl sites for hydroxylation is 1. The number of nitrogens with two attached hydrogens (primary N) is 1. The second-order valence-electron chi connectivity index (χ2n) is 9.39. The first kappa shape index (κ1) is 30.3. The number of amidine groups is 2. The summed E-state index contributed by atoms with van der Waals surface area (Å²) in [7, 11) is 1.00. The van der Waals surface area contributed by atoms with Gasteiger partial charge < -0.3 is 30.1 Å². The predicted octanol–water partition coefficient (Wildman–Crippen LogP) is 5.81. The number of carbonyl (C=O) groups excluding carboxylic acids is 1. The number of nitrogens with one attached hydrogen (secondary N) is 1. The molecular formula is C31H31F3N4O4. The Morgan fingerprint density at radius 1 is 1.19 bits per heavy atom. The van der Waals surface area contributed by atoms with Crippen LogP contribution in [0.1, 0.15) is 42.4 Å². The minimum absolute atomic E-state index is 0.109. The summed E-state index contributed by atoms with van der Waals surface area (Å²) in [5, 5.41) is 7.20. The van der Waals surface area contributed by atoms with Crippen molar-refractivity contribution in [3.8, 4) is 17.2 Å². The van der Waals surface area contributed by atoms with E-state index in [-0.39, 0.29) is 35.6 Å². The molecule has 0 aliphatic carbocycles. The monoisotopic (exact) mass is 580 g/mol. The topological polar surface area (TPSA) is 122 Å². The van der Waals surface area contributed by atoms with Crippen LogP contribution in [-0.2, 0) is 11.2 Å². The van der Waals surface area contributed by atoms with E-state index in [2.05, 4.69) is 15.0 Å². The van der Waals surface area contributed by atoms with Crippen molar-refractivity contribution in [2.45, 2.75) is 32.1 Å². The number of H-pyrrole nitrogens is 1. The number of halogens is 3. The molecule has 11 heteroatoms. The maximum atomic E-state index is 15.2. The Morgan fingerprint density at radius 2 is 2.00 bits per heavy atom. The molecule has 1 unspecified atom stereocenters. The first-order chi connectivity index (χ1) is 20.4. The molecule has 220 valence electrons. The van der Waals surface area contributed by atoms with Crippen molar-refractivity contribution in [2.24, 2.45) is 15.7 Å². The second kappa shape index (κ2) is 13.8. The van der Waals surface area contributed by atoms with Crippen LogP contribution in [-0.4, -0.2) is 48.3 Å². The van der Waals surface area contributed by atoms with Gasteiger partial charge in [-0.15, -0.1) is 0 Å². The SMILES string of the molecule is CC(C(N)=NC1=NCCCOc2ccc(Oc3c(F)cc4[nH]ccc4c3F)cc21)c1cccc(CCC=O)c1F.CO. The third-order valence-corrected chi connectivity index (χ3v) is 6.72. The molecule has 3 aromatic carbocycles. The number of hydrogen-bond acceptors (Lipinski definition) is 6. The summed E-state index contributed by atoms with van der Waals surface area (Å²) in [5.41, 5.74) is 7.85. The Balaban J connectivity index is 0.00000198. The van der Waals surface area contributed by atoms with Crippen molar-refractivity contribution in [3.63, 3.8) is 0 Å². The summed E-state index contributed by atoms with van der Waals surface area (Å²) in [6.07, 6.45) is 3.39. The molecule has 0 saturated heterocycles. The molecule has 1 atom stereocenters. The second-order valence-corrected chi connectivity index (χ2v) is 9.39. The van der Waals surface area contributed by atoms with E-state index in [0.717, 1.165) is 19.5 Å². The standard InChI is InChI=1S/C30H27F3N4O3.CH4O/c1-17(20-7-2-5-18(26(20)32)6-3-13-38)29(34)37-30-22-15-19(8-9-25(22)39-14-4-11-36-30)40-28-23(31)16-24-21(27(28)33)10-12-35-24;1-2/h2,5,7-10,12-13,15-17,35H,3-4,6,11,14H2,1H3,(H2,34,36,37);2H,1H3. The van der Waals surface area contributed by atoms with Gasteiger partial charge in [-0.3, -0.25) is 4.99 Å². The minimum atomic E-state index is -0.863. The number of hydrogen-bond donors (Lipinski definition) is 3. The number of aliphatic imine (C=N–C) groups is 2. The van der Waals surface area contributed by atoms with Crippen molar-refractivity contribution in [1.29, 1.82) is 0 Å². The molecule has 5 rings (SSSR count). The molecule has 0 fully saturated rings. The van der Waals surface area contributed by atoms with Crippen molar-refractivity contribution in [1.82, 2.24) is 4.98 Å². The van der Waals surface area contributed by atoms with Gasteiger partial charge in [0.25, 0.3) is 0 Å². The summed E-state index contributed by atoms with van der Waals surface area (Å²) >= 11 is 0. The number of carbonyl (C=O) groups is 1. The minimum Gasteiger partial charge on any atom is -0.493 e. The first-order valence-electron chi connectivity index (χ1n) is 13.3. The van der Waals surface area contributed by atoms with E-state index >= 15 is 8.78 Å². The zero-order chi connectivity index (χ0) is 30.2. The van der Waals surface area contributed by atoms with Gasteiger partial charge in [0.05, 0.1) is 17.7 Å². The molecule has 1 aromatic heterocycles. The smallest absolute Gasteiger partial charge is 0.199 e. The van der Waals surface area contributed by atoms with Crippen LogP contribution >= 0.6 is 0 Å². The van der Waals surface area contributed by atoms with Gasteiger partial charge in [-0.25, -0.2) is 18.2 Å². The van der Waals surface area contributed by atoms with Crippen molar-refractivity contribution in [3.05, 3.63) is 88.9 Å². The third-order valence-electron chi connectivity index (χ3n) is 6.72. The normalized spacial score (nSPS) is 14.0. The molecule has 0 radical (unpaired) electrons. The zero-order valence-corrected chi connectivity index (χ0v) is 23.2. The number of rotatable bonds is 7. The number of aromatic amines is 1. The molecule has 1 aliphatic rings. The average molecular weight is 581 g/mol. The quantitative estimate of drug-likeness (QED) is 0.145. The van der Waals surface area contributed by atoms with Gasteiger partial charge in [-0.05, 0) is 41.8 Å². The van der Waals surface area contributed by atoms with Gasteiger partial charge in [0.2, 0.25) is 0 Å². The van der Waals surface area contributed by atoms with E-state index in [9.17, 15) is 9.18 Å². The Hall–Kier alpha value is -4.64. The van der Waals surface area contributed by atoms with E-state index in [1.54, 1.807) is 31.2 Å². The van der Waals surface area contributed by atoms with E-state index in [0.29, 0.717) is 47.5 Å². The third kappa shape index (κ3) is 6.46. The van der Waals surface area contributed by atoms with Gasteiger partial charge in [-0.2, -0.15) is 0 Å². The molecule has 2 heterocycles. The van der Waals surface area contributed by atoms with Crippen LogP contribution in [0.25, 0.3) is 10.9 Å². The fourth-order valence-corrected chi connectivity index (χ4v) is 4.53. The van der Waals surface area contributed by atoms with E-state index < -0.39 is 29.1 Å². The Morgan fingerprint density at radius 3 is 2.79 bits per heavy atom. The Kier molecular flexibility index (Phi) is 9.98. The summed E-state index contributed by atoms with van der Waals surface area (Å²) < 4.78 is 56.4. The molecule has 0 bridgehead atoms. The lowest BCUT2D eigenvalue weighted by atomic mass is 9.95. The van der Waals surface area contributed by atoms with Crippen molar-refractivity contribution < 1.29 is 32.5 Å². The van der Waals surface area contributed by atoms with Crippen LogP contribution < -0.4 is 15.2 Å². The van der Waals surface area contributed by atoms with Crippen LogP contribution in [0.15, 0.2) is 64.7 Å². The Bertz CT molecular complexity index is 1630. The molecule has 42 heavy (non-hydrogen) atoms. The maximum absolute atomic E-state index is 15.2. The molecule has 4 N–H and O–H groups in total. The molecular weight excluding hydrogens is 549 g/mol. The van der Waals surface area contributed by atoms with Crippen molar-refractivity contribution >= 4 is 28.9 Å². The van der Waals surface area contributed by atoms with E-state index in [1.807, 2.05) is 0 Å². The highest BCUT2D eigenvalue weighted by Gasteiger charge is 2.22. The fraction of sp³-hybridized carbons (Fsp3) is 0.258. The van der Waals surface area contributed by atoms with Crippen LogP contribution in [0.3, 0.4) is 0 Å². The maximum Gasteiger partial charge on any atom is 0.199 e. The number of ether oxygens (including phenoxy) is 2. The molecule has 0 amide bonds. The van der Waals surface area contributed by atoms with Gasteiger partial charge in [0.15, 0.2) is 23.2 Å². The number of aliphatic hydroxyl groups excluding tert-OH is 1. The van der Waals surface area contributed by atoms with Gasteiger partial charge >= 0.3 is 0 Å². The van der Waals surface area contributed by atoms with Gasteiger partial charge in [0.1, 0.15) is 29.4 Å². The predicted molar refractivity (Wildman–Crippen MR) is 155 cm³/mol. The highest BCUT2D eigenvalue weighted by Crippen LogP contribution is 2.35. The average Bonchev–Trinajstić information content (AvgIpc) is 3.46. The number of fused-ring (bicyclic) bond motifs is 2. The van der Waals surface area contributed by atoms with Crippen LogP contribution in [0.2, 0.25) is 0 Å². The molecule has 8 nitrogen and oxygen atoms in total. The lowest BCUT2D eigenvalue weighted by Crippen LogP contribution is -2.23. The van der Waals surface area contributed by atoms with E-state index in [1.165, 1.54) is 24.4 Å². The van der Waals surface area contributed by atoms with Crippen LogP contribution in [0.5, 0.6) is 17.2 Å². The summed E-state index contributed by atoms with van der Waals surface area (Å²) in [6, 6.07) is 12.3. The fourth-order valence-electron chi connectivity index (χ4n) is 4.53. The zero-order valence-electron chi connectivity index (χ0n) is 23.2. The highest BCUT2D eigenvalue weighted by atomic mass is 19.1. The summed E-state index contributed by atoms with van der Waals surface area (Å²) in [4.78, 5) is 22.6. The summed E-state index contributed by atoms with van der Waals surface area (Å²) in [6.45, 7) is 2.53. The molecule has 0 saturated carbocycles. The number of nitrogens with zero attached hydrogens (tertiary/aromatic N) is 2. The van der Waals surface area contributed by atoms with Crippen LogP contribution in [0, 0.1) is 17.5 Å². The number of aromatic nitrogens is 1. The molecule has 4 aromatic rings. The number of aliphatic hydroxyl groups is 1. The van der Waals surface area contributed by atoms with Crippen LogP contribution in [0.4, 0.5) is 13.2 Å².